The number of nitrogens with zero attached hydrogens (tertiary/aromatic N) is 3. The van der Waals surface area contributed by atoms with Gasteiger partial charge in [0.1, 0.15) is 5.75 Å². The zero-order chi connectivity index (χ0) is 18.2. The van der Waals surface area contributed by atoms with E-state index in [2.05, 4.69) is 16.6 Å². The van der Waals surface area contributed by atoms with E-state index >= 15 is 0 Å². The summed E-state index contributed by atoms with van der Waals surface area (Å²) >= 11 is 0. The number of halogens is 3. The van der Waals surface area contributed by atoms with Crippen molar-refractivity contribution in [3.63, 3.8) is 0 Å². The van der Waals surface area contributed by atoms with Crippen molar-refractivity contribution in [3.8, 4) is 17.0 Å². The molecule has 1 aliphatic rings. The summed E-state index contributed by atoms with van der Waals surface area (Å²) in [4.78, 5) is 18.5. The second-order valence-corrected chi connectivity index (χ2v) is 5.93. The number of aryl methyl sites for hydroxylation is 1. The molecule has 0 bridgehead atoms. The van der Waals surface area contributed by atoms with Gasteiger partial charge in [0.2, 0.25) is 5.82 Å². The van der Waals surface area contributed by atoms with Crippen LogP contribution in [0.4, 0.5) is 13.2 Å². The lowest BCUT2D eigenvalue weighted by Crippen LogP contribution is -2.26. The molecule has 2 heterocycles. The zero-order valence-electron chi connectivity index (χ0n) is 13.9. The lowest BCUT2D eigenvalue weighted by atomic mass is 10.1. The smallest absolute Gasteiger partial charge is 0.406 e. The molecule has 1 aliphatic heterocycles. The third-order valence-electron chi connectivity index (χ3n) is 4.08. The van der Waals surface area contributed by atoms with Gasteiger partial charge in [-0.15, -0.1) is 13.2 Å². The lowest BCUT2D eigenvalue weighted by Gasteiger charge is -2.16. The molecule has 1 amide bonds. The number of carbonyl (C=O) groups is 1. The fraction of sp³-hybridized carbons (Fsp3) is 0.412. The number of unbranched alkanes of at least 4 members (excludes halogenated alkanes) is 1. The molecule has 0 saturated carbocycles. The fourth-order valence-corrected chi connectivity index (χ4v) is 2.95. The van der Waals surface area contributed by atoms with E-state index in [0.29, 0.717) is 30.3 Å². The van der Waals surface area contributed by atoms with E-state index < -0.39 is 6.36 Å². The van der Waals surface area contributed by atoms with Crippen molar-refractivity contribution in [3.05, 3.63) is 35.8 Å². The molecule has 0 saturated heterocycles. The molecule has 8 heteroatoms. The largest absolute Gasteiger partial charge is 0.573 e. The number of rotatable bonds is 5. The van der Waals surface area contributed by atoms with E-state index in [9.17, 15) is 18.0 Å². The maximum atomic E-state index is 12.4. The van der Waals surface area contributed by atoms with Crippen LogP contribution < -0.4 is 4.74 Å². The molecule has 0 atom stereocenters. The Morgan fingerprint density at radius 2 is 1.92 bits per heavy atom. The minimum atomic E-state index is -4.72. The van der Waals surface area contributed by atoms with E-state index in [0.717, 1.165) is 18.5 Å². The van der Waals surface area contributed by atoms with Crippen LogP contribution in [0, 0.1) is 6.92 Å². The standard InChI is InChI=1S/C17H18F3N3O2/c1-3-4-9-22-10-23-14(11(2)21-15(23)16(22)24)12-5-7-13(8-6-12)25-17(18,19)20/h5-8H,3-4,9-10H2,1-2H3. The Kier molecular flexibility index (Phi) is 4.45. The number of hydrogen-bond acceptors (Lipinski definition) is 3. The number of amides is 1. The molecule has 2 aromatic rings. The van der Waals surface area contributed by atoms with E-state index in [4.69, 9.17) is 0 Å². The van der Waals surface area contributed by atoms with Crippen LogP contribution in [0.5, 0.6) is 5.75 Å². The van der Waals surface area contributed by atoms with Gasteiger partial charge >= 0.3 is 6.36 Å². The third kappa shape index (κ3) is 3.47. The molecule has 25 heavy (non-hydrogen) atoms. The number of ether oxygens (including phenoxy) is 1. The van der Waals surface area contributed by atoms with Crippen LogP contribution in [-0.4, -0.2) is 33.3 Å². The monoisotopic (exact) mass is 353 g/mol. The Labute approximate surface area is 143 Å². The van der Waals surface area contributed by atoms with E-state index in [-0.39, 0.29) is 11.7 Å². The summed E-state index contributed by atoms with van der Waals surface area (Å²) in [7, 11) is 0. The second kappa shape index (κ2) is 6.42. The quantitative estimate of drug-likeness (QED) is 0.817. The number of hydrogen-bond donors (Lipinski definition) is 0. The van der Waals surface area contributed by atoms with Gasteiger partial charge in [-0.05, 0) is 37.6 Å². The van der Waals surface area contributed by atoms with Crippen molar-refractivity contribution >= 4 is 5.91 Å². The fourth-order valence-electron chi connectivity index (χ4n) is 2.95. The first-order valence-electron chi connectivity index (χ1n) is 8.02. The van der Waals surface area contributed by atoms with Crippen molar-refractivity contribution in [1.29, 1.82) is 0 Å². The maximum Gasteiger partial charge on any atom is 0.573 e. The SMILES string of the molecule is CCCCN1Cn2c(nc(C)c2-c2ccc(OC(F)(F)F)cc2)C1=O. The normalized spacial score (nSPS) is 14.1. The van der Waals surface area contributed by atoms with E-state index in [1.807, 2.05) is 4.57 Å². The summed E-state index contributed by atoms with van der Waals surface area (Å²) in [5.74, 6) is -0.0187. The number of imidazole rings is 1. The number of aromatic nitrogens is 2. The highest BCUT2D eigenvalue weighted by atomic mass is 19.4. The predicted octanol–water partition coefficient (Wildman–Crippen LogP) is 3.97. The van der Waals surface area contributed by atoms with Gasteiger partial charge in [0.15, 0.2) is 0 Å². The lowest BCUT2D eigenvalue weighted by molar-refractivity contribution is -0.274. The van der Waals surface area contributed by atoms with Crippen LogP contribution in [0.3, 0.4) is 0 Å². The van der Waals surface area contributed by atoms with Crippen LogP contribution in [0.2, 0.25) is 0 Å². The summed E-state index contributed by atoms with van der Waals surface area (Å²) in [6, 6.07) is 5.59. The summed E-state index contributed by atoms with van der Waals surface area (Å²) < 4.78 is 42.5. The Bertz CT molecular complexity index is 782. The van der Waals surface area contributed by atoms with Crippen molar-refractivity contribution in [2.75, 3.05) is 6.54 Å². The highest BCUT2D eigenvalue weighted by Gasteiger charge is 2.33. The molecule has 1 aromatic heterocycles. The van der Waals surface area contributed by atoms with E-state index in [1.165, 1.54) is 24.3 Å². The number of benzene rings is 1. The van der Waals surface area contributed by atoms with Crippen LogP contribution in [0.25, 0.3) is 11.3 Å². The number of alkyl halides is 3. The molecular weight excluding hydrogens is 335 g/mol. The van der Waals surface area contributed by atoms with Crippen LogP contribution >= 0.6 is 0 Å². The Morgan fingerprint density at radius 1 is 1.24 bits per heavy atom. The van der Waals surface area contributed by atoms with Gasteiger partial charge in [0.05, 0.1) is 18.1 Å². The molecule has 0 fully saturated rings. The van der Waals surface area contributed by atoms with Gasteiger partial charge in [-0.1, -0.05) is 13.3 Å². The van der Waals surface area contributed by atoms with Crippen molar-refractivity contribution in [2.24, 2.45) is 0 Å². The first kappa shape index (κ1) is 17.3. The van der Waals surface area contributed by atoms with Gasteiger partial charge in [0.25, 0.3) is 5.91 Å². The first-order valence-corrected chi connectivity index (χ1v) is 8.02. The molecule has 5 nitrogen and oxygen atoms in total. The molecule has 0 N–H and O–H groups in total. The van der Waals surface area contributed by atoms with Gasteiger partial charge in [-0.2, -0.15) is 0 Å². The molecule has 0 aliphatic carbocycles. The topological polar surface area (TPSA) is 47.4 Å². The molecule has 0 radical (unpaired) electrons. The summed E-state index contributed by atoms with van der Waals surface area (Å²) in [6.45, 7) is 4.91. The first-order chi connectivity index (χ1) is 11.8. The highest BCUT2D eigenvalue weighted by Crippen LogP contribution is 2.31. The average molecular weight is 353 g/mol. The van der Waals surface area contributed by atoms with Gasteiger partial charge in [0, 0.05) is 12.1 Å². The molecule has 0 spiro atoms. The van der Waals surface area contributed by atoms with Crippen molar-refractivity contribution in [1.82, 2.24) is 14.5 Å². The van der Waals surface area contributed by atoms with Crippen molar-refractivity contribution < 1.29 is 22.7 Å². The zero-order valence-corrected chi connectivity index (χ0v) is 13.9. The molecule has 3 rings (SSSR count). The Hall–Kier alpha value is -2.51. The number of fused-ring (bicyclic) bond motifs is 1. The minimum absolute atomic E-state index is 0.111. The molecule has 0 unspecified atom stereocenters. The van der Waals surface area contributed by atoms with Gasteiger partial charge in [-0.3, -0.25) is 4.79 Å². The molecular formula is C17H18F3N3O2. The predicted molar refractivity (Wildman–Crippen MR) is 85.0 cm³/mol. The minimum Gasteiger partial charge on any atom is -0.406 e. The Balaban J connectivity index is 1.88. The van der Waals surface area contributed by atoms with Crippen molar-refractivity contribution in [2.45, 2.75) is 39.7 Å². The van der Waals surface area contributed by atoms with Gasteiger partial charge < -0.3 is 14.2 Å². The summed E-state index contributed by atoms with van der Waals surface area (Å²) in [5.41, 5.74) is 2.10. The highest BCUT2D eigenvalue weighted by molar-refractivity contribution is 5.94. The number of carbonyl (C=O) groups excluding carboxylic acids is 1. The van der Waals surface area contributed by atoms with Crippen LogP contribution in [-0.2, 0) is 6.67 Å². The molecule has 1 aromatic carbocycles. The van der Waals surface area contributed by atoms with Gasteiger partial charge in [-0.25, -0.2) is 4.98 Å². The van der Waals surface area contributed by atoms with Crippen LogP contribution in [0.15, 0.2) is 24.3 Å². The average Bonchev–Trinajstić information content (AvgIpc) is 3.00. The second-order valence-electron chi connectivity index (χ2n) is 5.93. The summed E-state index contributed by atoms with van der Waals surface area (Å²) in [6.07, 6.45) is -2.82. The van der Waals surface area contributed by atoms with Crippen LogP contribution in [0.1, 0.15) is 36.1 Å². The summed E-state index contributed by atoms with van der Waals surface area (Å²) in [5, 5.41) is 0. The molecule has 134 valence electrons. The van der Waals surface area contributed by atoms with E-state index in [1.54, 1.807) is 11.8 Å². The Morgan fingerprint density at radius 3 is 2.52 bits per heavy atom. The maximum absolute atomic E-state index is 12.4. The third-order valence-corrected chi connectivity index (χ3v) is 4.08.